The molecule has 9 heteroatoms. The first kappa shape index (κ1) is 18.1. The van der Waals surface area contributed by atoms with Gasteiger partial charge < -0.3 is 15.0 Å². The van der Waals surface area contributed by atoms with Gasteiger partial charge in [0.05, 0.1) is 12.2 Å². The van der Waals surface area contributed by atoms with E-state index < -0.39 is 12.1 Å². The van der Waals surface area contributed by atoms with Crippen LogP contribution in [0.5, 0.6) is 5.75 Å². The van der Waals surface area contributed by atoms with Crippen molar-refractivity contribution in [3.63, 3.8) is 0 Å². The maximum Gasteiger partial charge on any atom is 0.471 e. The molecule has 1 N–H and O–H groups in total. The van der Waals surface area contributed by atoms with Crippen LogP contribution in [-0.4, -0.2) is 24.6 Å². The number of hydrogen-bond acceptors (Lipinski definition) is 3. The summed E-state index contributed by atoms with van der Waals surface area (Å²) in [6.07, 6.45) is -5.01. The van der Waals surface area contributed by atoms with Crippen LogP contribution in [-0.2, 0) is 16.1 Å². The molecule has 0 bridgehead atoms. The van der Waals surface area contributed by atoms with Gasteiger partial charge >= 0.3 is 12.1 Å². The largest absolute Gasteiger partial charge is 0.482 e. The van der Waals surface area contributed by atoms with E-state index in [0.717, 1.165) is 0 Å². The average Bonchev–Trinajstić information content (AvgIpc) is 2.58. The second-order valence-corrected chi connectivity index (χ2v) is 5.90. The second-order valence-electron chi connectivity index (χ2n) is 5.49. The van der Waals surface area contributed by atoms with Crippen molar-refractivity contribution in [1.82, 2.24) is 0 Å². The first-order valence-corrected chi connectivity index (χ1v) is 7.82. The quantitative estimate of drug-likeness (QED) is 0.876. The molecule has 0 saturated heterocycles. The number of benzene rings is 2. The minimum Gasteiger partial charge on any atom is -0.482 e. The Morgan fingerprint density at radius 1 is 1.23 bits per heavy atom. The fourth-order valence-corrected chi connectivity index (χ4v) is 2.65. The molecule has 1 aliphatic rings. The van der Waals surface area contributed by atoms with Crippen molar-refractivity contribution in [3.05, 3.63) is 53.1 Å². The molecular weight excluding hydrogens is 373 g/mol. The molecular formula is C17H12ClF3N2O3. The topological polar surface area (TPSA) is 58.6 Å². The fraction of sp³-hybridized carbons (Fsp3) is 0.176. The van der Waals surface area contributed by atoms with Gasteiger partial charge in [-0.2, -0.15) is 13.2 Å². The smallest absolute Gasteiger partial charge is 0.471 e. The van der Waals surface area contributed by atoms with Crippen LogP contribution in [0.25, 0.3) is 0 Å². The van der Waals surface area contributed by atoms with Gasteiger partial charge in [0.1, 0.15) is 5.75 Å². The Balaban J connectivity index is 1.92. The van der Waals surface area contributed by atoms with Crippen molar-refractivity contribution in [2.24, 2.45) is 0 Å². The summed E-state index contributed by atoms with van der Waals surface area (Å²) in [5, 5.41) is 2.21. The van der Waals surface area contributed by atoms with Crippen LogP contribution in [0.1, 0.15) is 5.56 Å². The van der Waals surface area contributed by atoms with Crippen LogP contribution < -0.4 is 15.0 Å². The molecule has 0 aromatic heterocycles. The van der Waals surface area contributed by atoms with Gasteiger partial charge in [-0.3, -0.25) is 9.59 Å². The lowest BCUT2D eigenvalue weighted by atomic mass is 10.1. The standard InChI is InChI=1S/C17H12ClF3N2O3/c18-12-4-2-1-3-10(12)8-23-13-7-11(22-16(25)17(19,20)21)5-6-14(13)26-9-15(23)24/h1-7H,8-9H2,(H,22,25). The average molecular weight is 385 g/mol. The van der Waals surface area contributed by atoms with Crippen LogP contribution >= 0.6 is 11.6 Å². The first-order valence-electron chi connectivity index (χ1n) is 7.44. The van der Waals surface area contributed by atoms with E-state index in [1.165, 1.54) is 23.1 Å². The molecule has 0 saturated carbocycles. The van der Waals surface area contributed by atoms with Crippen molar-refractivity contribution >= 4 is 34.8 Å². The number of carbonyl (C=O) groups excluding carboxylic acids is 2. The molecule has 26 heavy (non-hydrogen) atoms. The Labute approximate surface area is 151 Å². The summed E-state index contributed by atoms with van der Waals surface area (Å²) in [5.74, 6) is -2.16. The van der Waals surface area contributed by atoms with Gasteiger partial charge in [0.2, 0.25) is 0 Å². The Morgan fingerprint density at radius 2 is 1.96 bits per heavy atom. The molecule has 0 fully saturated rings. The van der Waals surface area contributed by atoms with Gasteiger partial charge in [-0.1, -0.05) is 29.8 Å². The lowest BCUT2D eigenvalue weighted by Crippen LogP contribution is -2.38. The monoisotopic (exact) mass is 384 g/mol. The van der Waals surface area contributed by atoms with E-state index in [1.54, 1.807) is 29.6 Å². The van der Waals surface area contributed by atoms with Gasteiger partial charge in [0, 0.05) is 10.7 Å². The van der Waals surface area contributed by atoms with Gasteiger partial charge in [-0.15, -0.1) is 0 Å². The Kier molecular flexibility index (Phi) is 4.78. The van der Waals surface area contributed by atoms with Crippen LogP contribution in [0.2, 0.25) is 5.02 Å². The summed E-state index contributed by atoms with van der Waals surface area (Å²) in [5.41, 5.74) is 0.815. The molecule has 3 rings (SSSR count). The minimum atomic E-state index is -5.01. The summed E-state index contributed by atoms with van der Waals surface area (Å²) >= 11 is 6.12. The molecule has 0 atom stereocenters. The lowest BCUT2D eigenvalue weighted by molar-refractivity contribution is -0.167. The number of amides is 2. The number of carbonyl (C=O) groups is 2. The highest BCUT2D eigenvalue weighted by Crippen LogP contribution is 2.36. The summed E-state index contributed by atoms with van der Waals surface area (Å²) in [4.78, 5) is 24.7. The van der Waals surface area contributed by atoms with Crippen molar-refractivity contribution in [1.29, 1.82) is 0 Å². The number of hydrogen-bond donors (Lipinski definition) is 1. The number of fused-ring (bicyclic) bond motifs is 1. The number of nitrogens with one attached hydrogen (secondary N) is 1. The van der Waals surface area contributed by atoms with E-state index in [2.05, 4.69) is 0 Å². The zero-order chi connectivity index (χ0) is 18.9. The van der Waals surface area contributed by atoms with Gasteiger partial charge in [-0.25, -0.2) is 0 Å². The predicted octanol–water partition coefficient (Wildman–Crippen LogP) is 3.77. The van der Waals surface area contributed by atoms with Gasteiger partial charge in [0.15, 0.2) is 6.61 Å². The van der Waals surface area contributed by atoms with E-state index >= 15 is 0 Å². The van der Waals surface area contributed by atoms with Gasteiger partial charge in [0.25, 0.3) is 5.91 Å². The molecule has 0 unspecified atom stereocenters. The molecule has 5 nitrogen and oxygen atoms in total. The highest BCUT2D eigenvalue weighted by Gasteiger charge is 2.39. The number of halogens is 4. The molecule has 1 heterocycles. The van der Waals surface area contributed by atoms with E-state index in [-0.39, 0.29) is 30.4 Å². The van der Waals surface area contributed by atoms with Crippen molar-refractivity contribution < 1.29 is 27.5 Å². The molecule has 136 valence electrons. The summed E-state index contributed by atoms with van der Waals surface area (Å²) in [6, 6.07) is 10.8. The number of alkyl halides is 3. The molecule has 2 aromatic rings. The highest BCUT2D eigenvalue weighted by atomic mass is 35.5. The Bertz CT molecular complexity index is 871. The highest BCUT2D eigenvalue weighted by molar-refractivity contribution is 6.31. The zero-order valence-electron chi connectivity index (χ0n) is 13.1. The van der Waals surface area contributed by atoms with Crippen LogP contribution in [0.4, 0.5) is 24.5 Å². The van der Waals surface area contributed by atoms with Crippen LogP contribution in [0.15, 0.2) is 42.5 Å². The van der Waals surface area contributed by atoms with E-state index in [9.17, 15) is 22.8 Å². The summed E-state index contributed by atoms with van der Waals surface area (Å²) in [7, 11) is 0. The Hall–Kier alpha value is -2.74. The molecule has 1 aliphatic heterocycles. The van der Waals surface area contributed by atoms with Crippen LogP contribution in [0.3, 0.4) is 0 Å². The summed E-state index contributed by atoms with van der Waals surface area (Å²) < 4.78 is 42.6. The fourth-order valence-electron chi connectivity index (χ4n) is 2.45. The van der Waals surface area contributed by atoms with Crippen molar-refractivity contribution in [2.75, 3.05) is 16.8 Å². The van der Waals surface area contributed by atoms with E-state index in [0.29, 0.717) is 16.3 Å². The number of nitrogens with zero attached hydrogens (tertiary/aromatic N) is 1. The third-order valence-electron chi connectivity index (χ3n) is 3.70. The first-order chi connectivity index (χ1) is 12.3. The van der Waals surface area contributed by atoms with Crippen molar-refractivity contribution in [2.45, 2.75) is 12.7 Å². The molecule has 0 spiro atoms. The van der Waals surface area contributed by atoms with Crippen molar-refractivity contribution in [3.8, 4) is 5.75 Å². The maximum absolute atomic E-state index is 12.4. The van der Waals surface area contributed by atoms with Gasteiger partial charge in [-0.05, 0) is 29.8 Å². The third-order valence-corrected chi connectivity index (χ3v) is 4.07. The molecule has 0 aliphatic carbocycles. The minimum absolute atomic E-state index is 0.103. The number of rotatable bonds is 3. The third kappa shape index (κ3) is 3.75. The second kappa shape index (κ2) is 6.87. The SMILES string of the molecule is O=C1COc2ccc(NC(=O)C(F)(F)F)cc2N1Cc1ccccc1Cl. The molecule has 0 radical (unpaired) electrons. The van der Waals surface area contributed by atoms with E-state index in [4.69, 9.17) is 16.3 Å². The molecule has 2 aromatic carbocycles. The zero-order valence-corrected chi connectivity index (χ0v) is 13.9. The van der Waals surface area contributed by atoms with Crippen LogP contribution in [0, 0.1) is 0 Å². The molecule has 2 amide bonds. The van der Waals surface area contributed by atoms with E-state index in [1.807, 2.05) is 0 Å². The normalized spacial score (nSPS) is 13.8. The Morgan fingerprint density at radius 3 is 2.65 bits per heavy atom. The maximum atomic E-state index is 12.4. The summed E-state index contributed by atoms with van der Waals surface area (Å²) in [6.45, 7) is -0.0861. The number of ether oxygens (including phenoxy) is 1. The predicted molar refractivity (Wildman–Crippen MR) is 89.3 cm³/mol. The lowest BCUT2D eigenvalue weighted by Gasteiger charge is -2.30. The number of anilines is 2.